The lowest BCUT2D eigenvalue weighted by atomic mass is 10.2. The summed E-state index contributed by atoms with van der Waals surface area (Å²) in [4.78, 5) is 28.3. The molecule has 0 spiro atoms. The van der Waals surface area contributed by atoms with Gasteiger partial charge < -0.3 is 10.1 Å². The number of aromatic amines is 1. The predicted octanol–water partition coefficient (Wildman–Crippen LogP) is 1.42. The van der Waals surface area contributed by atoms with Gasteiger partial charge in [0.25, 0.3) is 5.56 Å². The van der Waals surface area contributed by atoms with Gasteiger partial charge in [0.1, 0.15) is 0 Å². The van der Waals surface area contributed by atoms with E-state index in [1.165, 1.54) is 17.8 Å². The standard InChI is InChI=1S/C10H14N2O3S/c1-6-5-8(13)12-10(11-6)16-7(2)3-4-9(14)15/h5,7H,3-4H2,1-2H3,(H,14,15)(H,11,12,13). The van der Waals surface area contributed by atoms with Gasteiger partial charge in [-0.2, -0.15) is 0 Å². The summed E-state index contributed by atoms with van der Waals surface area (Å²) in [5.74, 6) is -0.807. The number of thioether (sulfide) groups is 1. The Morgan fingerprint density at radius 1 is 1.69 bits per heavy atom. The maximum Gasteiger partial charge on any atom is 0.303 e. The second kappa shape index (κ2) is 5.69. The first kappa shape index (κ1) is 12.8. The average Bonchev–Trinajstić information content (AvgIpc) is 2.12. The Labute approximate surface area is 97.3 Å². The van der Waals surface area contributed by atoms with Crippen LogP contribution in [-0.2, 0) is 4.79 Å². The lowest BCUT2D eigenvalue weighted by Gasteiger charge is -2.08. The number of aromatic nitrogens is 2. The number of carboxylic acid groups (broad SMARTS) is 1. The minimum Gasteiger partial charge on any atom is -0.481 e. The van der Waals surface area contributed by atoms with E-state index in [9.17, 15) is 9.59 Å². The van der Waals surface area contributed by atoms with Crippen LogP contribution in [0.4, 0.5) is 0 Å². The number of carbonyl (C=O) groups is 1. The minimum absolute atomic E-state index is 0.112. The van der Waals surface area contributed by atoms with Crippen molar-refractivity contribution in [3.63, 3.8) is 0 Å². The van der Waals surface area contributed by atoms with Crippen LogP contribution in [0.3, 0.4) is 0 Å². The molecule has 2 N–H and O–H groups in total. The third-order valence-electron chi connectivity index (χ3n) is 1.93. The molecule has 0 aromatic carbocycles. The van der Waals surface area contributed by atoms with Crippen LogP contribution in [-0.4, -0.2) is 26.3 Å². The molecule has 88 valence electrons. The summed E-state index contributed by atoms with van der Waals surface area (Å²) in [7, 11) is 0. The zero-order valence-corrected chi connectivity index (χ0v) is 10.0. The summed E-state index contributed by atoms with van der Waals surface area (Å²) in [6.07, 6.45) is 0.682. The highest BCUT2D eigenvalue weighted by Gasteiger charge is 2.09. The van der Waals surface area contributed by atoms with Crippen molar-refractivity contribution in [2.45, 2.75) is 37.1 Å². The molecule has 0 amide bonds. The smallest absolute Gasteiger partial charge is 0.303 e. The Hall–Kier alpha value is -1.30. The molecule has 1 heterocycles. The maximum absolute atomic E-state index is 11.2. The van der Waals surface area contributed by atoms with Gasteiger partial charge in [0.05, 0.1) is 0 Å². The maximum atomic E-state index is 11.2. The Morgan fingerprint density at radius 3 is 2.94 bits per heavy atom. The summed E-state index contributed by atoms with van der Waals surface area (Å²) >= 11 is 1.38. The van der Waals surface area contributed by atoms with Gasteiger partial charge in [0.15, 0.2) is 5.16 Å². The zero-order valence-electron chi connectivity index (χ0n) is 9.19. The number of rotatable bonds is 5. The topological polar surface area (TPSA) is 83.0 Å². The van der Waals surface area contributed by atoms with Gasteiger partial charge in [0.2, 0.25) is 0 Å². The van der Waals surface area contributed by atoms with E-state index < -0.39 is 5.97 Å². The van der Waals surface area contributed by atoms with E-state index in [2.05, 4.69) is 9.97 Å². The van der Waals surface area contributed by atoms with Gasteiger partial charge in [-0.1, -0.05) is 18.7 Å². The molecule has 6 heteroatoms. The fraction of sp³-hybridized carbons (Fsp3) is 0.500. The van der Waals surface area contributed by atoms with Crippen molar-refractivity contribution in [1.82, 2.24) is 9.97 Å². The van der Waals surface area contributed by atoms with Crippen LogP contribution in [0.2, 0.25) is 0 Å². The molecule has 1 aromatic rings. The SMILES string of the molecule is Cc1cc(=O)[nH]c(SC(C)CCC(=O)O)n1. The number of nitrogens with one attached hydrogen (secondary N) is 1. The summed E-state index contributed by atoms with van der Waals surface area (Å²) in [6, 6.07) is 1.42. The van der Waals surface area contributed by atoms with Gasteiger partial charge in [-0.3, -0.25) is 9.59 Å². The van der Waals surface area contributed by atoms with Crippen LogP contribution in [0.15, 0.2) is 16.0 Å². The summed E-state index contributed by atoms with van der Waals surface area (Å²) < 4.78 is 0. The summed E-state index contributed by atoms with van der Waals surface area (Å²) in [6.45, 7) is 3.66. The van der Waals surface area contributed by atoms with Crippen molar-refractivity contribution in [1.29, 1.82) is 0 Å². The number of hydrogen-bond donors (Lipinski definition) is 2. The summed E-state index contributed by atoms with van der Waals surface area (Å²) in [5, 5.41) is 9.19. The molecule has 0 saturated carbocycles. The van der Waals surface area contributed by atoms with Crippen LogP contribution in [0.25, 0.3) is 0 Å². The normalized spacial score (nSPS) is 12.4. The number of aliphatic carboxylic acids is 1. The largest absolute Gasteiger partial charge is 0.481 e. The number of H-pyrrole nitrogens is 1. The van der Waals surface area contributed by atoms with Crippen LogP contribution in [0, 0.1) is 6.92 Å². The number of carboxylic acids is 1. The van der Waals surface area contributed by atoms with Crippen molar-refractivity contribution in [3.8, 4) is 0 Å². The molecule has 0 aliphatic heterocycles. The van der Waals surface area contributed by atoms with Gasteiger partial charge in [-0.15, -0.1) is 0 Å². The zero-order chi connectivity index (χ0) is 12.1. The number of nitrogens with zero attached hydrogens (tertiary/aromatic N) is 1. The van der Waals surface area contributed by atoms with Gasteiger partial charge >= 0.3 is 5.97 Å². The first-order chi connectivity index (χ1) is 7.47. The molecule has 16 heavy (non-hydrogen) atoms. The molecule has 1 rings (SSSR count). The average molecular weight is 242 g/mol. The molecule has 0 bridgehead atoms. The van der Waals surface area contributed by atoms with Crippen molar-refractivity contribution in [2.75, 3.05) is 0 Å². The molecule has 0 aliphatic rings. The van der Waals surface area contributed by atoms with Crippen LogP contribution < -0.4 is 5.56 Å². The van der Waals surface area contributed by atoms with Crippen molar-refractivity contribution in [2.24, 2.45) is 0 Å². The van der Waals surface area contributed by atoms with E-state index in [1.54, 1.807) is 6.92 Å². The second-order valence-electron chi connectivity index (χ2n) is 3.55. The molecule has 0 radical (unpaired) electrons. The Bertz CT molecular complexity index is 430. The Morgan fingerprint density at radius 2 is 2.38 bits per heavy atom. The molecule has 1 atom stereocenters. The van der Waals surface area contributed by atoms with Crippen molar-refractivity contribution >= 4 is 17.7 Å². The van der Waals surface area contributed by atoms with E-state index >= 15 is 0 Å². The molecule has 1 aromatic heterocycles. The fourth-order valence-electron chi connectivity index (χ4n) is 1.18. The Balaban J connectivity index is 2.58. The third kappa shape index (κ3) is 4.48. The molecule has 0 aliphatic carbocycles. The molecule has 5 nitrogen and oxygen atoms in total. The fourth-order valence-corrected chi connectivity index (χ4v) is 2.16. The lowest BCUT2D eigenvalue weighted by molar-refractivity contribution is -0.137. The molecule has 0 saturated heterocycles. The van der Waals surface area contributed by atoms with E-state index in [-0.39, 0.29) is 17.2 Å². The highest BCUT2D eigenvalue weighted by Crippen LogP contribution is 2.21. The first-order valence-corrected chi connectivity index (χ1v) is 5.82. The summed E-state index contributed by atoms with van der Waals surface area (Å²) in [5.41, 5.74) is 0.483. The predicted molar refractivity (Wildman–Crippen MR) is 61.8 cm³/mol. The minimum atomic E-state index is -0.807. The van der Waals surface area contributed by atoms with Gasteiger partial charge in [-0.05, 0) is 13.3 Å². The van der Waals surface area contributed by atoms with Crippen LogP contribution in [0.1, 0.15) is 25.5 Å². The highest BCUT2D eigenvalue weighted by atomic mass is 32.2. The van der Waals surface area contributed by atoms with Gasteiger partial charge in [-0.25, -0.2) is 4.98 Å². The van der Waals surface area contributed by atoms with Crippen molar-refractivity contribution in [3.05, 3.63) is 22.1 Å². The molecular formula is C10H14N2O3S. The van der Waals surface area contributed by atoms with E-state index in [4.69, 9.17) is 5.11 Å². The molecular weight excluding hydrogens is 228 g/mol. The number of aryl methyl sites for hydroxylation is 1. The van der Waals surface area contributed by atoms with Crippen LogP contribution in [0.5, 0.6) is 0 Å². The van der Waals surface area contributed by atoms with E-state index in [0.29, 0.717) is 17.3 Å². The number of hydrogen-bond acceptors (Lipinski definition) is 4. The third-order valence-corrected chi connectivity index (χ3v) is 2.98. The second-order valence-corrected chi connectivity index (χ2v) is 4.98. The van der Waals surface area contributed by atoms with E-state index in [0.717, 1.165) is 0 Å². The lowest BCUT2D eigenvalue weighted by Crippen LogP contribution is -2.10. The van der Waals surface area contributed by atoms with Crippen molar-refractivity contribution < 1.29 is 9.90 Å². The monoisotopic (exact) mass is 242 g/mol. The first-order valence-electron chi connectivity index (χ1n) is 4.94. The van der Waals surface area contributed by atoms with Crippen LogP contribution >= 0.6 is 11.8 Å². The van der Waals surface area contributed by atoms with Gasteiger partial charge in [0, 0.05) is 23.4 Å². The quantitative estimate of drug-likeness (QED) is 0.602. The molecule has 0 fully saturated rings. The van der Waals surface area contributed by atoms with E-state index in [1.807, 2.05) is 6.92 Å². The highest BCUT2D eigenvalue weighted by molar-refractivity contribution is 7.99. The Kier molecular flexibility index (Phi) is 4.54. The molecule has 1 unspecified atom stereocenters.